The fourth-order valence-corrected chi connectivity index (χ4v) is 25.9. The third-order valence-electron chi connectivity index (χ3n) is 5.14. The van der Waals surface area contributed by atoms with Gasteiger partial charge in [0, 0.05) is 0 Å². The fraction of sp³-hybridized carbons (Fsp3) is 0.636. The Labute approximate surface area is 168 Å². The zero-order valence-electron chi connectivity index (χ0n) is 17.3. The Balaban J connectivity index is 3.34. The van der Waals surface area contributed by atoms with Crippen LogP contribution in [0.5, 0.6) is 0 Å². The SMILES string of the molecule is CCC[CH2][Sn]([CH2]CCC)([CH2]CCC)/[C](=C\COC)S(=O)c1ccccc1. The summed E-state index contributed by atoms with van der Waals surface area (Å²) >= 11 is -2.72. The van der Waals surface area contributed by atoms with Crippen molar-refractivity contribution in [3.05, 3.63) is 39.3 Å². The summed E-state index contributed by atoms with van der Waals surface area (Å²) in [7, 11) is 0.709. The van der Waals surface area contributed by atoms with Gasteiger partial charge in [-0.1, -0.05) is 0 Å². The summed E-state index contributed by atoms with van der Waals surface area (Å²) in [6.07, 6.45) is 9.73. The van der Waals surface area contributed by atoms with E-state index in [1.807, 2.05) is 30.3 Å². The molecule has 0 fully saturated rings. The van der Waals surface area contributed by atoms with Crippen molar-refractivity contribution in [1.29, 1.82) is 0 Å². The number of hydrogen-bond donors (Lipinski definition) is 0. The van der Waals surface area contributed by atoms with E-state index < -0.39 is 29.2 Å². The molecule has 0 amide bonds. The van der Waals surface area contributed by atoms with E-state index in [9.17, 15) is 4.21 Å². The minimum atomic E-state index is -2.72. The van der Waals surface area contributed by atoms with Gasteiger partial charge in [0.05, 0.1) is 0 Å². The standard InChI is InChI=1S/C10H11O2S.3C4H9.Sn/c1-12-8-5-9-13(11)10-6-3-2-4-7-10;3*1-3-4-2;/h2-7H,8H2,1H3;3*1,3-4H2,2H3;. The molecule has 148 valence electrons. The van der Waals surface area contributed by atoms with Crippen molar-refractivity contribution >= 4 is 29.2 Å². The van der Waals surface area contributed by atoms with Crippen LogP contribution in [-0.4, -0.2) is 36.3 Å². The number of rotatable bonds is 14. The molecule has 0 aliphatic rings. The van der Waals surface area contributed by atoms with Crippen molar-refractivity contribution in [1.82, 2.24) is 0 Å². The van der Waals surface area contributed by atoms with E-state index in [-0.39, 0.29) is 0 Å². The van der Waals surface area contributed by atoms with Crippen molar-refractivity contribution in [2.45, 2.75) is 77.5 Å². The number of unbranched alkanes of at least 4 members (excludes halogenated alkanes) is 3. The van der Waals surface area contributed by atoms with Gasteiger partial charge in [0.15, 0.2) is 0 Å². The predicted molar refractivity (Wildman–Crippen MR) is 118 cm³/mol. The van der Waals surface area contributed by atoms with Crippen LogP contribution in [0.3, 0.4) is 0 Å². The van der Waals surface area contributed by atoms with Crippen molar-refractivity contribution in [2.75, 3.05) is 13.7 Å². The maximum absolute atomic E-state index is 13.6. The Morgan fingerprint density at radius 2 is 1.46 bits per heavy atom. The van der Waals surface area contributed by atoms with Crippen molar-refractivity contribution in [3.8, 4) is 0 Å². The van der Waals surface area contributed by atoms with Gasteiger partial charge in [0.2, 0.25) is 0 Å². The van der Waals surface area contributed by atoms with Gasteiger partial charge in [-0.3, -0.25) is 0 Å². The van der Waals surface area contributed by atoms with E-state index in [0.717, 1.165) is 4.90 Å². The monoisotopic (exact) mass is 486 g/mol. The van der Waals surface area contributed by atoms with Crippen LogP contribution in [-0.2, 0) is 15.5 Å². The van der Waals surface area contributed by atoms with E-state index >= 15 is 0 Å². The summed E-state index contributed by atoms with van der Waals surface area (Å²) in [5.74, 6) is 0. The molecule has 0 heterocycles. The molecule has 2 nitrogen and oxygen atoms in total. The quantitative estimate of drug-likeness (QED) is 0.274. The maximum atomic E-state index is 13.6. The zero-order valence-corrected chi connectivity index (χ0v) is 20.9. The van der Waals surface area contributed by atoms with Crippen LogP contribution in [0, 0.1) is 0 Å². The first-order valence-corrected chi connectivity index (χ1v) is 18.9. The average Bonchev–Trinajstić information content (AvgIpc) is 2.69. The second-order valence-corrected chi connectivity index (χ2v) is 22.8. The van der Waals surface area contributed by atoms with Gasteiger partial charge in [0.1, 0.15) is 0 Å². The molecule has 1 aromatic rings. The van der Waals surface area contributed by atoms with Gasteiger partial charge in [-0.05, 0) is 0 Å². The molecule has 0 spiro atoms. The molecule has 0 bridgehead atoms. The molecule has 0 aliphatic heterocycles. The second kappa shape index (κ2) is 14.0. The molecule has 1 unspecified atom stereocenters. The van der Waals surface area contributed by atoms with Crippen LogP contribution in [0.25, 0.3) is 0 Å². The minimum absolute atomic E-state index is 0.580. The molecule has 0 aliphatic carbocycles. The van der Waals surface area contributed by atoms with Crippen LogP contribution < -0.4 is 0 Å². The molecular weight excluding hydrogens is 447 g/mol. The van der Waals surface area contributed by atoms with Crippen LogP contribution in [0.4, 0.5) is 0 Å². The molecule has 1 aromatic carbocycles. The molecule has 0 saturated carbocycles. The van der Waals surface area contributed by atoms with Gasteiger partial charge >= 0.3 is 169 Å². The molecule has 0 radical (unpaired) electrons. The van der Waals surface area contributed by atoms with Crippen LogP contribution in [0.15, 0.2) is 44.2 Å². The Kier molecular flexibility index (Phi) is 12.8. The van der Waals surface area contributed by atoms with E-state index in [2.05, 4.69) is 26.8 Å². The molecule has 26 heavy (non-hydrogen) atoms. The predicted octanol–water partition coefficient (Wildman–Crippen LogP) is 6.71. The van der Waals surface area contributed by atoms with Crippen molar-refractivity contribution in [2.24, 2.45) is 0 Å². The summed E-state index contributed by atoms with van der Waals surface area (Å²) in [6.45, 7) is 7.42. The first kappa shape index (κ1) is 23.9. The number of benzene rings is 1. The second-order valence-electron chi connectivity index (χ2n) is 7.20. The molecule has 4 heteroatoms. The van der Waals surface area contributed by atoms with E-state index in [1.54, 1.807) is 7.11 Å². The molecule has 0 N–H and O–H groups in total. The molecule has 0 aromatic heterocycles. The van der Waals surface area contributed by atoms with Crippen LogP contribution in [0.1, 0.15) is 59.3 Å². The fourth-order valence-electron chi connectivity index (χ4n) is 3.61. The van der Waals surface area contributed by atoms with E-state index in [4.69, 9.17) is 4.74 Å². The molecule has 0 saturated heterocycles. The number of ether oxygens (including phenoxy) is 1. The third-order valence-corrected chi connectivity index (χ3v) is 25.7. The zero-order chi connectivity index (χ0) is 19.3. The van der Waals surface area contributed by atoms with Crippen molar-refractivity contribution < 1.29 is 8.95 Å². The summed E-state index contributed by atoms with van der Waals surface area (Å²) in [4.78, 5) is 0.959. The molecule has 1 atom stereocenters. The number of methoxy groups -OCH3 is 1. The van der Waals surface area contributed by atoms with Gasteiger partial charge in [0.25, 0.3) is 0 Å². The normalized spacial score (nSPS) is 13.8. The van der Waals surface area contributed by atoms with Crippen molar-refractivity contribution in [3.63, 3.8) is 0 Å². The van der Waals surface area contributed by atoms with Crippen LogP contribution >= 0.6 is 0 Å². The topological polar surface area (TPSA) is 26.3 Å². The first-order valence-electron chi connectivity index (χ1n) is 10.3. The van der Waals surface area contributed by atoms with E-state index in [0.29, 0.717) is 6.61 Å². The summed E-state index contributed by atoms with van der Waals surface area (Å²) in [6, 6.07) is 10.0. The molecular formula is C22H38O2SSn. The van der Waals surface area contributed by atoms with Crippen LogP contribution in [0.2, 0.25) is 13.3 Å². The molecule has 1 rings (SSSR count). The Morgan fingerprint density at radius 3 is 1.88 bits per heavy atom. The Bertz CT molecular complexity index is 521. The van der Waals surface area contributed by atoms with Gasteiger partial charge in [-0.15, -0.1) is 0 Å². The summed E-state index contributed by atoms with van der Waals surface area (Å²) < 4.78 is 24.3. The van der Waals surface area contributed by atoms with E-state index in [1.165, 1.54) is 54.8 Å². The first-order chi connectivity index (χ1) is 12.6. The van der Waals surface area contributed by atoms with Gasteiger partial charge in [-0.2, -0.15) is 0 Å². The third kappa shape index (κ3) is 7.47. The average molecular weight is 485 g/mol. The van der Waals surface area contributed by atoms with Gasteiger partial charge in [-0.25, -0.2) is 0 Å². The Morgan fingerprint density at radius 1 is 0.962 bits per heavy atom. The van der Waals surface area contributed by atoms with Gasteiger partial charge < -0.3 is 0 Å². The summed E-state index contributed by atoms with van der Waals surface area (Å²) in [5.41, 5.74) is 0. The Hall–Kier alpha value is -0.131. The number of hydrogen-bond acceptors (Lipinski definition) is 2. The summed E-state index contributed by atoms with van der Waals surface area (Å²) in [5, 5.41) is 0.